The van der Waals surface area contributed by atoms with Crippen LogP contribution in [0.4, 0.5) is 18.9 Å². The van der Waals surface area contributed by atoms with Crippen LogP contribution in [0.15, 0.2) is 79.0 Å². The van der Waals surface area contributed by atoms with Crippen LogP contribution in [-0.2, 0) is 6.18 Å². The number of anilines is 1. The van der Waals surface area contributed by atoms with Gasteiger partial charge in [-0.15, -0.1) is 0 Å². The summed E-state index contributed by atoms with van der Waals surface area (Å²) in [4.78, 5) is 18.9. The van der Waals surface area contributed by atoms with E-state index in [1.54, 1.807) is 67.7 Å². The second-order valence-electron chi connectivity index (χ2n) is 6.95. The standard InChI is InChI=1S/C24H16ClF3N2O/c1-30(17-12-10-16(25)11-13-17)23(31)19-14-29-22-18(8-5-9-20(22)24(26,27)28)21(19)15-6-3-2-4-7-15/h2-14H,1H3. The molecule has 7 heteroatoms. The molecule has 0 bridgehead atoms. The number of halogens is 4. The van der Waals surface area contributed by atoms with Crippen molar-refractivity contribution in [2.75, 3.05) is 11.9 Å². The molecule has 0 fully saturated rings. The number of carbonyl (C=O) groups is 1. The van der Waals surface area contributed by atoms with Gasteiger partial charge >= 0.3 is 6.18 Å². The minimum atomic E-state index is -4.56. The van der Waals surface area contributed by atoms with E-state index in [1.165, 1.54) is 17.2 Å². The smallest absolute Gasteiger partial charge is 0.311 e. The van der Waals surface area contributed by atoms with Gasteiger partial charge in [0.25, 0.3) is 5.91 Å². The highest BCUT2D eigenvalue weighted by Crippen LogP contribution is 2.38. The first kappa shape index (κ1) is 20.9. The van der Waals surface area contributed by atoms with Gasteiger partial charge in [-0.05, 0) is 35.9 Å². The van der Waals surface area contributed by atoms with E-state index in [4.69, 9.17) is 11.6 Å². The van der Waals surface area contributed by atoms with Crippen molar-refractivity contribution in [3.63, 3.8) is 0 Å². The SMILES string of the molecule is CN(C(=O)c1cnc2c(C(F)(F)F)cccc2c1-c1ccccc1)c1ccc(Cl)cc1. The lowest BCUT2D eigenvalue weighted by Gasteiger charge is -2.21. The van der Waals surface area contributed by atoms with Gasteiger partial charge in [0.1, 0.15) is 0 Å². The maximum absolute atomic E-state index is 13.6. The summed E-state index contributed by atoms with van der Waals surface area (Å²) < 4.78 is 40.7. The predicted octanol–water partition coefficient (Wildman–Crippen LogP) is 6.85. The molecule has 0 radical (unpaired) electrons. The highest BCUT2D eigenvalue weighted by atomic mass is 35.5. The number of carbonyl (C=O) groups excluding carboxylic acids is 1. The topological polar surface area (TPSA) is 33.2 Å². The summed E-state index contributed by atoms with van der Waals surface area (Å²) in [7, 11) is 1.59. The number of nitrogens with zero attached hydrogens (tertiary/aromatic N) is 2. The van der Waals surface area contributed by atoms with Gasteiger partial charge in [0.2, 0.25) is 0 Å². The Labute approximate surface area is 181 Å². The number of aromatic nitrogens is 1. The number of hydrogen-bond donors (Lipinski definition) is 0. The van der Waals surface area contributed by atoms with Crippen LogP contribution in [0.25, 0.3) is 22.0 Å². The monoisotopic (exact) mass is 440 g/mol. The molecule has 31 heavy (non-hydrogen) atoms. The average Bonchev–Trinajstić information content (AvgIpc) is 2.77. The second kappa shape index (κ2) is 8.04. The Kier molecular flexibility index (Phi) is 5.41. The number of rotatable bonds is 3. The maximum Gasteiger partial charge on any atom is 0.418 e. The lowest BCUT2D eigenvalue weighted by molar-refractivity contribution is -0.136. The van der Waals surface area contributed by atoms with E-state index in [0.29, 0.717) is 21.8 Å². The molecule has 4 rings (SSSR count). The molecule has 0 aliphatic carbocycles. The highest BCUT2D eigenvalue weighted by molar-refractivity contribution is 6.30. The Morgan fingerprint density at radius 1 is 0.935 bits per heavy atom. The zero-order valence-electron chi connectivity index (χ0n) is 16.3. The Bertz CT molecular complexity index is 1260. The van der Waals surface area contributed by atoms with Gasteiger partial charge in [-0.2, -0.15) is 13.2 Å². The highest BCUT2D eigenvalue weighted by Gasteiger charge is 2.34. The third-order valence-electron chi connectivity index (χ3n) is 5.01. The Balaban J connectivity index is 1.95. The fraction of sp³-hybridized carbons (Fsp3) is 0.0833. The van der Waals surface area contributed by atoms with E-state index >= 15 is 0 Å². The number of fused-ring (bicyclic) bond motifs is 1. The number of benzene rings is 3. The van der Waals surface area contributed by atoms with Crippen LogP contribution in [-0.4, -0.2) is 17.9 Å². The van der Waals surface area contributed by atoms with E-state index in [2.05, 4.69) is 4.98 Å². The van der Waals surface area contributed by atoms with Crippen molar-refractivity contribution >= 4 is 34.1 Å². The molecule has 3 nitrogen and oxygen atoms in total. The fourth-order valence-electron chi connectivity index (χ4n) is 3.49. The van der Waals surface area contributed by atoms with Crippen LogP contribution < -0.4 is 4.90 Å². The molecular formula is C24H16ClF3N2O. The minimum Gasteiger partial charge on any atom is -0.311 e. The van der Waals surface area contributed by atoms with Crippen LogP contribution in [0.3, 0.4) is 0 Å². The van der Waals surface area contributed by atoms with Gasteiger partial charge in [-0.1, -0.05) is 54.1 Å². The van der Waals surface area contributed by atoms with Gasteiger partial charge in [0.15, 0.2) is 0 Å². The first-order valence-electron chi connectivity index (χ1n) is 9.35. The van der Waals surface area contributed by atoms with Gasteiger partial charge in [-0.25, -0.2) is 0 Å². The second-order valence-corrected chi connectivity index (χ2v) is 7.39. The third-order valence-corrected chi connectivity index (χ3v) is 5.27. The zero-order chi connectivity index (χ0) is 22.2. The zero-order valence-corrected chi connectivity index (χ0v) is 17.1. The van der Waals surface area contributed by atoms with E-state index in [1.807, 2.05) is 0 Å². The minimum absolute atomic E-state index is 0.195. The number of alkyl halides is 3. The number of hydrogen-bond acceptors (Lipinski definition) is 2. The van der Waals surface area contributed by atoms with E-state index < -0.39 is 17.6 Å². The molecule has 1 aromatic heterocycles. The van der Waals surface area contributed by atoms with Crippen LogP contribution in [0, 0.1) is 0 Å². The van der Waals surface area contributed by atoms with E-state index in [-0.39, 0.29) is 16.5 Å². The first-order chi connectivity index (χ1) is 14.8. The first-order valence-corrected chi connectivity index (χ1v) is 9.73. The summed E-state index contributed by atoms with van der Waals surface area (Å²) in [6.45, 7) is 0. The molecule has 4 aromatic rings. The van der Waals surface area contributed by atoms with Crippen molar-refractivity contribution in [1.29, 1.82) is 0 Å². The summed E-state index contributed by atoms with van der Waals surface area (Å²) >= 11 is 5.93. The van der Waals surface area contributed by atoms with Crippen molar-refractivity contribution in [1.82, 2.24) is 4.98 Å². The molecule has 156 valence electrons. The van der Waals surface area contributed by atoms with Crippen LogP contribution in [0.2, 0.25) is 5.02 Å². The number of amides is 1. The summed E-state index contributed by atoms with van der Waals surface area (Å²) in [5, 5.41) is 0.790. The lowest BCUT2D eigenvalue weighted by atomic mass is 9.94. The van der Waals surface area contributed by atoms with Gasteiger partial charge in [-0.3, -0.25) is 9.78 Å². The Morgan fingerprint density at radius 3 is 2.26 bits per heavy atom. The summed E-state index contributed by atoms with van der Waals surface area (Å²) in [6, 6.07) is 19.4. The molecule has 1 amide bonds. The molecule has 0 aliphatic rings. The van der Waals surface area contributed by atoms with Gasteiger partial charge in [0, 0.05) is 34.9 Å². The van der Waals surface area contributed by atoms with Crippen LogP contribution in [0.1, 0.15) is 15.9 Å². The summed E-state index contributed by atoms with van der Waals surface area (Å²) in [6.07, 6.45) is -3.35. The summed E-state index contributed by atoms with van der Waals surface area (Å²) in [5.74, 6) is -0.395. The molecule has 0 saturated carbocycles. The average molecular weight is 441 g/mol. The summed E-state index contributed by atoms with van der Waals surface area (Å²) in [5.41, 5.74) is 0.796. The van der Waals surface area contributed by atoms with Crippen molar-refractivity contribution in [3.05, 3.63) is 95.1 Å². The van der Waals surface area contributed by atoms with Crippen molar-refractivity contribution < 1.29 is 18.0 Å². The molecular weight excluding hydrogens is 425 g/mol. The Hall–Kier alpha value is -3.38. The lowest BCUT2D eigenvalue weighted by Crippen LogP contribution is -2.27. The normalized spacial score (nSPS) is 11.5. The van der Waals surface area contributed by atoms with Gasteiger partial charge in [0.05, 0.1) is 16.6 Å². The Morgan fingerprint density at radius 2 is 1.61 bits per heavy atom. The predicted molar refractivity (Wildman–Crippen MR) is 116 cm³/mol. The third kappa shape index (κ3) is 3.99. The largest absolute Gasteiger partial charge is 0.418 e. The van der Waals surface area contributed by atoms with Crippen molar-refractivity contribution in [3.8, 4) is 11.1 Å². The van der Waals surface area contributed by atoms with E-state index in [9.17, 15) is 18.0 Å². The molecule has 1 heterocycles. The molecule has 0 spiro atoms. The van der Waals surface area contributed by atoms with Gasteiger partial charge < -0.3 is 4.90 Å². The molecule has 0 N–H and O–H groups in total. The van der Waals surface area contributed by atoms with E-state index in [0.717, 1.165) is 6.07 Å². The van der Waals surface area contributed by atoms with Crippen molar-refractivity contribution in [2.45, 2.75) is 6.18 Å². The van der Waals surface area contributed by atoms with Crippen LogP contribution in [0.5, 0.6) is 0 Å². The molecule has 0 aliphatic heterocycles. The number of para-hydroxylation sites is 1. The quantitative estimate of drug-likeness (QED) is 0.349. The molecule has 0 unspecified atom stereocenters. The molecule has 0 atom stereocenters. The molecule has 3 aromatic carbocycles. The molecule has 0 saturated heterocycles. The number of pyridine rings is 1. The van der Waals surface area contributed by atoms with Crippen LogP contribution >= 0.6 is 11.6 Å². The van der Waals surface area contributed by atoms with Crippen molar-refractivity contribution in [2.24, 2.45) is 0 Å². The maximum atomic E-state index is 13.6. The fourth-order valence-corrected chi connectivity index (χ4v) is 3.62.